The second kappa shape index (κ2) is 12.5. The molecule has 3 saturated carbocycles. The van der Waals surface area contributed by atoms with Gasteiger partial charge in [0.2, 0.25) is 5.78 Å². The Hall–Kier alpha value is -3.28. The molecule has 3 fully saturated rings. The third kappa shape index (κ3) is 5.82. The van der Waals surface area contributed by atoms with Gasteiger partial charge in [0, 0.05) is 23.2 Å². The number of allylic oxidation sites excluding steroid dienone is 4. The number of aliphatic hydroxyl groups excluding tert-OH is 1. The van der Waals surface area contributed by atoms with E-state index in [1.807, 2.05) is 13.0 Å². The van der Waals surface area contributed by atoms with Gasteiger partial charge in [0.25, 0.3) is 5.09 Å². The minimum atomic E-state index is -1.65. The summed E-state index contributed by atoms with van der Waals surface area (Å²) in [4.78, 5) is 65.6. The lowest BCUT2D eigenvalue weighted by Crippen LogP contribution is -2.63. The highest BCUT2D eigenvalue weighted by molar-refractivity contribution is 6.01. The summed E-state index contributed by atoms with van der Waals surface area (Å²) in [6.07, 6.45) is 7.07. The smallest absolute Gasteiger partial charge is 0.457 e. The average Bonchev–Trinajstić information content (AvgIpc) is 3.21. The van der Waals surface area contributed by atoms with Crippen LogP contribution in [0.2, 0.25) is 0 Å². The third-order valence-electron chi connectivity index (χ3n) is 10.2. The lowest BCUT2D eigenvalue weighted by molar-refractivity contribution is -0.757. The Bertz CT molecular complexity index is 1160. The summed E-state index contributed by atoms with van der Waals surface area (Å²) in [5, 5.41) is 21.0. The topological polar surface area (TPSA) is 169 Å². The number of aliphatic hydroxyl groups is 1. The molecule has 4 aliphatic rings. The van der Waals surface area contributed by atoms with Gasteiger partial charge < -0.3 is 24.2 Å². The predicted molar refractivity (Wildman–Crippen MR) is 146 cm³/mol. The molecule has 12 heteroatoms. The first kappa shape index (κ1) is 31.7. The summed E-state index contributed by atoms with van der Waals surface area (Å²) in [6.45, 7) is 4.96. The number of Topliss-reactive ketones (excluding diaryl/α,β-unsaturated/α-hetero) is 1. The average molecular weight is 592 g/mol. The van der Waals surface area contributed by atoms with Crippen molar-refractivity contribution in [2.24, 2.45) is 28.6 Å². The van der Waals surface area contributed by atoms with Crippen LogP contribution >= 0.6 is 0 Å². The van der Waals surface area contributed by atoms with Crippen molar-refractivity contribution in [1.29, 1.82) is 0 Å². The van der Waals surface area contributed by atoms with Crippen LogP contribution in [0, 0.1) is 38.7 Å². The van der Waals surface area contributed by atoms with Crippen molar-refractivity contribution in [3.05, 3.63) is 33.9 Å². The minimum absolute atomic E-state index is 0.0149. The van der Waals surface area contributed by atoms with E-state index in [2.05, 4.69) is 11.8 Å². The van der Waals surface area contributed by atoms with Crippen LogP contribution in [0.15, 0.2) is 23.8 Å². The Morgan fingerprint density at radius 3 is 2.62 bits per heavy atom. The maximum absolute atomic E-state index is 13.9. The Morgan fingerprint density at radius 1 is 1.14 bits per heavy atom. The maximum Gasteiger partial charge on any atom is 0.509 e. The first-order chi connectivity index (χ1) is 19.9. The summed E-state index contributed by atoms with van der Waals surface area (Å²) in [5.41, 5.74) is -2.06. The summed E-state index contributed by atoms with van der Waals surface area (Å²) in [5.74, 6) is -1.42. The van der Waals surface area contributed by atoms with E-state index in [4.69, 9.17) is 14.2 Å². The second-order valence-electron chi connectivity index (χ2n) is 12.3. The van der Waals surface area contributed by atoms with Crippen molar-refractivity contribution < 1.29 is 48.4 Å². The molecular weight excluding hydrogens is 550 g/mol. The van der Waals surface area contributed by atoms with Crippen LogP contribution in [0.25, 0.3) is 0 Å². The molecule has 0 aromatic heterocycles. The number of nitrogens with zero attached hydrogens (tertiary/aromatic N) is 1. The van der Waals surface area contributed by atoms with E-state index in [1.165, 1.54) is 0 Å². The van der Waals surface area contributed by atoms with Gasteiger partial charge in [-0.1, -0.05) is 31.9 Å². The molecular formula is C30H41NO11. The van der Waals surface area contributed by atoms with E-state index in [0.717, 1.165) is 12.0 Å². The summed E-state index contributed by atoms with van der Waals surface area (Å²) in [7, 11) is 0. The molecule has 0 aromatic carbocycles. The molecule has 0 aromatic rings. The van der Waals surface area contributed by atoms with Crippen LogP contribution in [0.5, 0.6) is 0 Å². The quantitative estimate of drug-likeness (QED) is 0.150. The molecule has 7 atom stereocenters. The highest BCUT2D eigenvalue weighted by Crippen LogP contribution is 2.68. The Balaban J connectivity index is 1.50. The summed E-state index contributed by atoms with van der Waals surface area (Å²) >= 11 is 0. The zero-order valence-corrected chi connectivity index (χ0v) is 24.5. The van der Waals surface area contributed by atoms with Gasteiger partial charge in [-0.15, -0.1) is 10.1 Å². The van der Waals surface area contributed by atoms with Gasteiger partial charge in [-0.25, -0.2) is 4.79 Å². The van der Waals surface area contributed by atoms with Crippen molar-refractivity contribution in [2.75, 3.05) is 19.8 Å². The molecule has 4 rings (SSSR count). The fraction of sp³-hybridized carbons (Fsp3) is 0.733. The van der Waals surface area contributed by atoms with Crippen LogP contribution in [0.3, 0.4) is 0 Å². The molecule has 0 saturated heterocycles. The van der Waals surface area contributed by atoms with E-state index >= 15 is 0 Å². The third-order valence-corrected chi connectivity index (χ3v) is 10.2. The molecule has 232 valence electrons. The molecule has 1 N–H and O–H groups in total. The van der Waals surface area contributed by atoms with Crippen molar-refractivity contribution in [3.63, 3.8) is 0 Å². The lowest BCUT2D eigenvalue weighted by Gasteiger charge is -2.59. The van der Waals surface area contributed by atoms with Crippen molar-refractivity contribution >= 4 is 23.7 Å². The van der Waals surface area contributed by atoms with Crippen molar-refractivity contribution in [1.82, 2.24) is 0 Å². The molecule has 0 radical (unpaired) electrons. The second-order valence-corrected chi connectivity index (χ2v) is 12.3. The molecule has 12 nitrogen and oxygen atoms in total. The molecule has 4 unspecified atom stereocenters. The lowest BCUT2D eigenvalue weighted by atomic mass is 9.46. The van der Waals surface area contributed by atoms with E-state index in [-0.39, 0.29) is 56.0 Å². The molecule has 0 amide bonds. The number of carbonyl (C=O) groups is 4. The first-order valence-electron chi connectivity index (χ1n) is 14.8. The number of rotatable bonds is 12. The van der Waals surface area contributed by atoms with Gasteiger partial charge in [-0.3, -0.25) is 14.4 Å². The Labute approximate surface area is 244 Å². The number of ketones is 2. The Kier molecular flexibility index (Phi) is 9.44. The van der Waals surface area contributed by atoms with Crippen molar-refractivity contribution in [3.8, 4) is 0 Å². The number of hydrogen-bond donors (Lipinski definition) is 1. The standard InChI is InChI=1S/C30H41NO11/c1-4-39-27(36)42-30(24(34)18-40-25(35)8-6-5-7-15-41-31(37)38)14-12-22-21-10-9-19-16-20(32)11-13-28(19,2)26(21)23(33)17-29(22,30)3/h11,13,16,21-23,26,33H,4-10,12,14-15,17-18H2,1-3H3/t21?,22?,23?,26?,28-,29-,30-/m0/s1. The molecule has 4 aliphatic carbocycles. The first-order valence-corrected chi connectivity index (χ1v) is 14.8. The molecule has 0 heterocycles. The van der Waals surface area contributed by atoms with Gasteiger partial charge in [0.1, 0.15) is 0 Å². The van der Waals surface area contributed by atoms with E-state index in [9.17, 15) is 34.4 Å². The van der Waals surface area contributed by atoms with Gasteiger partial charge in [-0.05, 0) is 75.9 Å². The van der Waals surface area contributed by atoms with Gasteiger partial charge >= 0.3 is 12.1 Å². The van der Waals surface area contributed by atoms with Crippen LogP contribution in [0.1, 0.15) is 78.6 Å². The highest BCUT2D eigenvalue weighted by Gasteiger charge is 2.70. The number of ether oxygens (including phenoxy) is 3. The van der Waals surface area contributed by atoms with E-state index in [1.54, 1.807) is 19.1 Å². The maximum atomic E-state index is 13.9. The normalized spacial score (nSPS) is 34.8. The fourth-order valence-corrected chi connectivity index (χ4v) is 8.31. The molecule has 0 aliphatic heterocycles. The van der Waals surface area contributed by atoms with Crippen LogP contribution in [0.4, 0.5) is 4.79 Å². The number of carbonyl (C=O) groups excluding carboxylic acids is 4. The molecule has 0 bridgehead atoms. The number of fused-ring (bicyclic) bond motifs is 5. The zero-order chi connectivity index (χ0) is 30.7. The van der Waals surface area contributed by atoms with Gasteiger partial charge in [0.15, 0.2) is 18.0 Å². The predicted octanol–water partition coefficient (Wildman–Crippen LogP) is 4.06. The monoisotopic (exact) mass is 591 g/mol. The van der Waals surface area contributed by atoms with Crippen LogP contribution < -0.4 is 0 Å². The summed E-state index contributed by atoms with van der Waals surface area (Å²) < 4.78 is 16.3. The fourth-order valence-electron chi connectivity index (χ4n) is 8.31. The number of unbranched alkanes of at least 4 members (excludes halogenated alkanes) is 2. The molecule has 42 heavy (non-hydrogen) atoms. The Morgan fingerprint density at radius 2 is 1.90 bits per heavy atom. The zero-order valence-electron chi connectivity index (χ0n) is 24.5. The largest absolute Gasteiger partial charge is 0.509 e. The van der Waals surface area contributed by atoms with Crippen LogP contribution in [-0.4, -0.2) is 65.4 Å². The van der Waals surface area contributed by atoms with Gasteiger partial charge in [-0.2, -0.15) is 0 Å². The van der Waals surface area contributed by atoms with Gasteiger partial charge in [0.05, 0.1) is 19.3 Å². The van der Waals surface area contributed by atoms with E-state index < -0.39 is 52.1 Å². The number of hydrogen-bond acceptors (Lipinski definition) is 11. The van der Waals surface area contributed by atoms with Crippen LogP contribution in [-0.2, 0) is 33.4 Å². The van der Waals surface area contributed by atoms with E-state index in [0.29, 0.717) is 32.1 Å². The molecule has 0 spiro atoms. The van der Waals surface area contributed by atoms with Crippen molar-refractivity contribution in [2.45, 2.75) is 90.3 Å². The highest BCUT2D eigenvalue weighted by atomic mass is 16.9. The SMILES string of the molecule is CCOC(=O)O[C@]1(C(=O)COC(=O)CCCCCO[N+](=O)[O-])CCC2C3CCC4=CC(=O)C=C[C@]4(C)C3C(O)C[C@@]21C. The number of esters is 1. The minimum Gasteiger partial charge on any atom is -0.457 e. The summed E-state index contributed by atoms with van der Waals surface area (Å²) in [6, 6.07) is 0.